The molecule has 2 aromatic heterocycles. The molecule has 0 atom stereocenters. The predicted molar refractivity (Wildman–Crippen MR) is 110 cm³/mol. The average Bonchev–Trinajstić information content (AvgIpc) is 2.75. The molecule has 2 amide bonds. The maximum absolute atomic E-state index is 12.1. The van der Waals surface area contributed by atoms with Crippen LogP contribution in [0, 0.1) is 0 Å². The normalized spacial score (nSPS) is 13.7. The van der Waals surface area contributed by atoms with Crippen molar-refractivity contribution in [2.75, 3.05) is 47.6 Å². The number of amides is 2. The van der Waals surface area contributed by atoms with Crippen molar-refractivity contribution >= 4 is 29.3 Å². The lowest BCUT2D eigenvalue weighted by molar-refractivity contribution is 0.122. The third-order valence-corrected chi connectivity index (χ3v) is 4.27. The smallest absolute Gasteiger partial charge is 0.323 e. The van der Waals surface area contributed by atoms with E-state index in [1.165, 1.54) is 0 Å². The molecular weight excluding hydrogens is 372 g/mol. The highest BCUT2D eigenvalue weighted by molar-refractivity contribution is 5.99. The number of ether oxygens (including phenoxy) is 1. The Morgan fingerprint density at radius 2 is 1.59 bits per heavy atom. The molecule has 10 nitrogen and oxygen atoms in total. The van der Waals surface area contributed by atoms with Crippen LogP contribution < -0.4 is 21.3 Å². The van der Waals surface area contributed by atoms with Gasteiger partial charge in [0.15, 0.2) is 5.82 Å². The van der Waals surface area contributed by atoms with Gasteiger partial charge < -0.3 is 26.0 Å². The average molecular weight is 392 g/mol. The molecule has 148 valence electrons. The van der Waals surface area contributed by atoms with Gasteiger partial charge >= 0.3 is 6.03 Å². The van der Waals surface area contributed by atoms with E-state index in [4.69, 9.17) is 10.5 Å². The molecule has 1 saturated heterocycles. The first kappa shape index (κ1) is 18.6. The summed E-state index contributed by atoms with van der Waals surface area (Å²) in [5.41, 5.74) is 7.95. The predicted octanol–water partition coefficient (Wildman–Crippen LogP) is 2.00. The van der Waals surface area contributed by atoms with E-state index in [9.17, 15) is 4.79 Å². The second-order valence-electron chi connectivity index (χ2n) is 6.31. The lowest BCUT2D eigenvalue weighted by atomic mass is 10.2. The molecule has 0 saturated carbocycles. The summed E-state index contributed by atoms with van der Waals surface area (Å²) in [4.78, 5) is 31.0. The van der Waals surface area contributed by atoms with Crippen molar-refractivity contribution in [3.8, 4) is 11.4 Å². The number of anilines is 4. The maximum Gasteiger partial charge on any atom is 0.323 e. The number of carbonyl (C=O) groups excluding carboxylic acids is 1. The second-order valence-corrected chi connectivity index (χ2v) is 6.31. The third kappa shape index (κ3) is 4.74. The lowest BCUT2D eigenvalue weighted by Crippen LogP contribution is -2.37. The summed E-state index contributed by atoms with van der Waals surface area (Å²) in [7, 11) is 0. The quantitative estimate of drug-likeness (QED) is 0.614. The van der Waals surface area contributed by atoms with E-state index in [1.807, 2.05) is 17.0 Å². The number of nitrogens with one attached hydrogen (secondary N) is 2. The molecule has 1 aliphatic rings. The van der Waals surface area contributed by atoms with Crippen LogP contribution in [0.2, 0.25) is 0 Å². The number of hydrogen-bond donors (Lipinski definition) is 3. The number of aromatic nitrogens is 4. The number of nitrogen functional groups attached to an aromatic ring is 1. The van der Waals surface area contributed by atoms with E-state index in [0.29, 0.717) is 49.5 Å². The molecule has 0 bridgehead atoms. The fraction of sp³-hybridized carbons (Fsp3) is 0.211. The van der Waals surface area contributed by atoms with E-state index >= 15 is 0 Å². The standard InChI is InChI=1S/C19H20N8O2/c20-17-24-16(25-18(26-17)27-9-11-29-12-10-27)13-1-3-14(4-2-13)22-19(28)23-15-5-7-21-8-6-15/h1-8H,9-12H2,(H2,20,24,25,26)(H2,21,22,23,28). The molecular formula is C19H20N8O2. The topological polar surface area (TPSA) is 131 Å². The van der Waals surface area contributed by atoms with E-state index < -0.39 is 0 Å². The zero-order valence-corrected chi connectivity index (χ0v) is 15.6. The van der Waals surface area contributed by atoms with Gasteiger partial charge in [-0.25, -0.2) is 4.79 Å². The number of nitrogens with zero attached hydrogens (tertiary/aromatic N) is 5. The molecule has 0 radical (unpaired) electrons. The van der Waals surface area contributed by atoms with Crippen molar-refractivity contribution in [1.82, 2.24) is 19.9 Å². The highest BCUT2D eigenvalue weighted by Gasteiger charge is 2.16. The van der Waals surface area contributed by atoms with Crippen LogP contribution in [-0.2, 0) is 4.74 Å². The van der Waals surface area contributed by atoms with Crippen molar-refractivity contribution in [2.45, 2.75) is 0 Å². The second kappa shape index (κ2) is 8.48. The Balaban J connectivity index is 1.46. The number of carbonyl (C=O) groups is 1. The first-order chi connectivity index (χ1) is 14.2. The summed E-state index contributed by atoms with van der Waals surface area (Å²) in [6.07, 6.45) is 3.21. The van der Waals surface area contributed by atoms with Crippen LogP contribution in [0.3, 0.4) is 0 Å². The zero-order valence-electron chi connectivity index (χ0n) is 15.6. The summed E-state index contributed by atoms with van der Waals surface area (Å²) < 4.78 is 5.36. The molecule has 10 heteroatoms. The monoisotopic (exact) mass is 392 g/mol. The first-order valence-corrected chi connectivity index (χ1v) is 9.10. The fourth-order valence-electron chi connectivity index (χ4n) is 2.85. The summed E-state index contributed by atoms with van der Waals surface area (Å²) in [6, 6.07) is 10.3. The molecule has 0 aliphatic carbocycles. The van der Waals surface area contributed by atoms with Gasteiger partial charge in [-0.15, -0.1) is 0 Å². The summed E-state index contributed by atoms with van der Waals surface area (Å²) in [5.74, 6) is 1.18. The van der Waals surface area contributed by atoms with E-state index in [0.717, 1.165) is 5.56 Å². The van der Waals surface area contributed by atoms with Gasteiger partial charge in [-0.3, -0.25) is 4.98 Å². The van der Waals surface area contributed by atoms with Crippen LogP contribution >= 0.6 is 0 Å². The van der Waals surface area contributed by atoms with Crippen molar-refractivity contribution in [2.24, 2.45) is 0 Å². The van der Waals surface area contributed by atoms with Crippen molar-refractivity contribution in [3.63, 3.8) is 0 Å². The van der Waals surface area contributed by atoms with Crippen molar-refractivity contribution in [1.29, 1.82) is 0 Å². The van der Waals surface area contributed by atoms with Gasteiger partial charge in [0, 0.05) is 42.4 Å². The molecule has 1 fully saturated rings. The van der Waals surface area contributed by atoms with Gasteiger partial charge in [-0.05, 0) is 36.4 Å². The third-order valence-electron chi connectivity index (χ3n) is 4.27. The summed E-state index contributed by atoms with van der Waals surface area (Å²) in [6.45, 7) is 2.67. The molecule has 3 aromatic rings. The zero-order chi connectivity index (χ0) is 20.1. The number of hydrogen-bond acceptors (Lipinski definition) is 8. The van der Waals surface area contributed by atoms with Gasteiger partial charge in [0.25, 0.3) is 0 Å². The van der Waals surface area contributed by atoms with Crippen LogP contribution in [0.15, 0.2) is 48.8 Å². The Bertz CT molecular complexity index is 975. The van der Waals surface area contributed by atoms with Crippen molar-refractivity contribution in [3.05, 3.63) is 48.8 Å². The molecule has 0 unspecified atom stereocenters. The molecule has 4 N–H and O–H groups in total. The van der Waals surface area contributed by atoms with Gasteiger partial charge in [-0.1, -0.05) is 0 Å². The van der Waals surface area contributed by atoms with Crippen LogP contribution in [0.5, 0.6) is 0 Å². The van der Waals surface area contributed by atoms with Gasteiger partial charge in [0.05, 0.1) is 13.2 Å². The van der Waals surface area contributed by atoms with Crippen LogP contribution in [0.1, 0.15) is 0 Å². The number of urea groups is 1. The molecule has 1 aliphatic heterocycles. The van der Waals surface area contributed by atoms with E-state index in [1.54, 1.807) is 36.7 Å². The van der Waals surface area contributed by atoms with Crippen LogP contribution in [0.25, 0.3) is 11.4 Å². The minimum atomic E-state index is -0.344. The maximum atomic E-state index is 12.1. The SMILES string of the molecule is Nc1nc(-c2ccc(NC(=O)Nc3ccncc3)cc2)nc(N2CCOCC2)n1. The summed E-state index contributed by atoms with van der Waals surface area (Å²) in [5, 5.41) is 5.51. The number of nitrogens with two attached hydrogens (primary N) is 1. The fourth-order valence-corrected chi connectivity index (χ4v) is 2.85. The molecule has 29 heavy (non-hydrogen) atoms. The van der Waals surface area contributed by atoms with Crippen LogP contribution in [-0.4, -0.2) is 52.3 Å². The highest BCUT2D eigenvalue weighted by atomic mass is 16.5. The number of rotatable bonds is 4. The molecule has 1 aromatic carbocycles. The molecule has 4 rings (SSSR count). The van der Waals surface area contributed by atoms with Gasteiger partial charge in [0.1, 0.15) is 0 Å². The number of benzene rings is 1. The van der Waals surface area contributed by atoms with E-state index in [-0.39, 0.29) is 12.0 Å². The van der Waals surface area contributed by atoms with Crippen molar-refractivity contribution < 1.29 is 9.53 Å². The van der Waals surface area contributed by atoms with Crippen LogP contribution in [0.4, 0.5) is 28.1 Å². The Kier molecular flexibility index (Phi) is 5.43. The van der Waals surface area contributed by atoms with Gasteiger partial charge in [0.2, 0.25) is 11.9 Å². The molecule has 3 heterocycles. The van der Waals surface area contributed by atoms with Gasteiger partial charge in [-0.2, -0.15) is 15.0 Å². The minimum Gasteiger partial charge on any atom is -0.378 e. The lowest BCUT2D eigenvalue weighted by Gasteiger charge is -2.26. The van der Waals surface area contributed by atoms with E-state index in [2.05, 4.69) is 30.6 Å². The first-order valence-electron chi connectivity index (χ1n) is 9.10. The Morgan fingerprint density at radius 1 is 0.931 bits per heavy atom. The summed E-state index contributed by atoms with van der Waals surface area (Å²) >= 11 is 0. The number of morpholine rings is 1. The number of pyridine rings is 1. The Labute approximate surface area is 167 Å². The Hall–Kier alpha value is -3.79. The minimum absolute atomic E-state index is 0.162. The Morgan fingerprint density at radius 3 is 2.28 bits per heavy atom. The highest BCUT2D eigenvalue weighted by Crippen LogP contribution is 2.21. The largest absolute Gasteiger partial charge is 0.378 e. The molecule has 0 spiro atoms.